The molecule has 5 N–H and O–H groups in total. The summed E-state index contributed by atoms with van der Waals surface area (Å²) in [4.78, 5) is 16.2. The van der Waals surface area contributed by atoms with E-state index in [1.165, 1.54) is 18.4 Å². The first kappa shape index (κ1) is 15.8. The molecule has 0 aliphatic heterocycles. The zero-order valence-corrected chi connectivity index (χ0v) is 15.0. The number of hydrogen-bond donors (Lipinski definition) is 4. The van der Waals surface area contributed by atoms with Gasteiger partial charge in [-0.15, -0.1) is 0 Å². The van der Waals surface area contributed by atoms with Crippen LogP contribution in [0.15, 0.2) is 30.7 Å². The van der Waals surface area contributed by atoms with Crippen LogP contribution in [0.25, 0.3) is 22.3 Å². The number of aromatic amines is 2. The fourth-order valence-corrected chi connectivity index (χ4v) is 3.25. The number of rotatable bonds is 5. The average Bonchev–Trinajstić information content (AvgIpc) is 3.22. The maximum Gasteiger partial charge on any atom is 0.224 e. The Morgan fingerprint density at radius 3 is 2.93 bits per heavy atom. The summed E-state index contributed by atoms with van der Waals surface area (Å²) in [6, 6.07) is 6.20. The molecule has 8 nitrogen and oxygen atoms in total. The molecule has 1 aliphatic carbocycles. The van der Waals surface area contributed by atoms with Crippen molar-refractivity contribution in [2.75, 3.05) is 11.1 Å². The third-order valence-corrected chi connectivity index (χ3v) is 5.02. The maximum atomic E-state index is 6.15. The van der Waals surface area contributed by atoms with E-state index < -0.39 is 0 Å². The van der Waals surface area contributed by atoms with Crippen LogP contribution in [-0.2, 0) is 6.54 Å². The number of H-pyrrole nitrogens is 2. The molecule has 0 atom stereocenters. The van der Waals surface area contributed by atoms with Gasteiger partial charge >= 0.3 is 0 Å². The second-order valence-corrected chi connectivity index (χ2v) is 7.03. The van der Waals surface area contributed by atoms with Gasteiger partial charge in [-0.2, -0.15) is 10.1 Å². The summed E-state index contributed by atoms with van der Waals surface area (Å²) in [7, 11) is 0. The number of fused-ring (bicyclic) bond motifs is 1. The normalized spacial score (nSPS) is 14.0. The minimum atomic E-state index is 0.417. The van der Waals surface area contributed by atoms with Crippen molar-refractivity contribution < 1.29 is 0 Å². The van der Waals surface area contributed by atoms with Crippen molar-refractivity contribution in [3.63, 3.8) is 0 Å². The first-order chi connectivity index (χ1) is 13.2. The van der Waals surface area contributed by atoms with E-state index >= 15 is 0 Å². The first-order valence-corrected chi connectivity index (χ1v) is 9.02. The van der Waals surface area contributed by atoms with E-state index in [-0.39, 0.29) is 0 Å². The van der Waals surface area contributed by atoms with E-state index in [4.69, 9.17) is 5.73 Å². The smallest absolute Gasteiger partial charge is 0.224 e. The zero-order chi connectivity index (χ0) is 18.4. The molecule has 8 heteroatoms. The number of nitrogens with one attached hydrogen (secondary N) is 3. The van der Waals surface area contributed by atoms with Crippen molar-refractivity contribution in [1.82, 2.24) is 30.1 Å². The van der Waals surface area contributed by atoms with E-state index in [1.807, 2.05) is 6.07 Å². The number of aryl methyl sites for hydroxylation is 1. The highest BCUT2D eigenvalue weighted by molar-refractivity contribution is 5.76. The minimum absolute atomic E-state index is 0.417. The van der Waals surface area contributed by atoms with Crippen molar-refractivity contribution >= 4 is 22.8 Å². The highest BCUT2D eigenvalue weighted by Gasteiger charge is 2.26. The van der Waals surface area contributed by atoms with Gasteiger partial charge in [-0.1, -0.05) is 0 Å². The zero-order valence-electron chi connectivity index (χ0n) is 15.0. The monoisotopic (exact) mass is 360 g/mol. The van der Waals surface area contributed by atoms with E-state index in [1.54, 1.807) is 12.5 Å². The van der Waals surface area contributed by atoms with Crippen molar-refractivity contribution in [3.05, 3.63) is 47.5 Å². The number of nitrogen functional groups attached to an aromatic ring is 1. The van der Waals surface area contributed by atoms with Crippen molar-refractivity contribution in [2.45, 2.75) is 32.2 Å². The lowest BCUT2D eigenvalue weighted by Gasteiger charge is -2.09. The molecule has 1 saturated carbocycles. The van der Waals surface area contributed by atoms with Crippen LogP contribution >= 0.6 is 0 Å². The van der Waals surface area contributed by atoms with Gasteiger partial charge in [0.05, 0.1) is 28.6 Å². The molecule has 3 aromatic heterocycles. The molecule has 136 valence electrons. The standard InChI is InChI=1S/C19H20N8/c1-10-4-16-17(24-9-23-16)5-12(10)7-21-19-22-8-13(18(20)25-19)15-6-14(26-27-15)11-2-3-11/h4-6,8-9,11H,2-3,7H2,1H3,(H,23,24)(H,26,27)(H3,20,21,22,25). The van der Waals surface area contributed by atoms with Gasteiger partial charge in [-0.25, -0.2) is 9.97 Å². The molecule has 0 bridgehead atoms. The number of aromatic nitrogens is 6. The van der Waals surface area contributed by atoms with Crippen LogP contribution in [0, 0.1) is 6.92 Å². The lowest BCUT2D eigenvalue weighted by atomic mass is 10.1. The quantitative estimate of drug-likeness (QED) is 0.434. The molecule has 0 radical (unpaired) electrons. The van der Waals surface area contributed by atoms with Crippen LogP contribution in [0.4, 0.5) is 11.8 Å². The maximum absolute atomic E-state index is 6.15. The Morgan fingerprint density at radius 2 is 2.11 bits per heavy atom. The summed E-state index contributed by atoms with van der Waals surface area (Å²) in [5, 5.41) is 10.7. The summed E-state index contributed by atoms with van der Waals surface area (Å²) in [5.74, 6) is 1.53. The summed E-state index contributed by atoms with van der Waals surface area (Å²) in [6.45, 7) is 2.67. The SMILES string of the molecule is Cc1cc2[nH]cnc2cc1CNc1ncc(-c2cc(C3CC3)[nH]n2)c(N)n1. The van der Waals surface area contributed by atoms with Gasteiger partial charge in [0.2, 0.25) is 5.95 Å². The lowest BCUT2D eigenvalue weighted by molar-refractivity contribution is 0.966. The average molecular weight is 360 g/mol. The Labute approximate surface area is 155 Å². The highest BCUT2D eigenvalue weighted by atomic mass is 15.1. The van der Waals surface area contributed by atoms with Crippen LogP contribution in [0.2, 0.25) is 0 Å². The Hall–Kier alpha value is -3.42. The van der Waals surface area contributed by atoms with Crippen molar-refractivity contribution in [2.24, 2.45) is 0 Å². The van der Waals surface area contributed by atoms with Crippen LogP contribution in [0.3, 0.4) is 0 Å². The van der Waals surface area contributed by atoms with Crippen LogP contribution in [-0.4, -0.2) is 30.1 Å². The molecule has 27 heavy (non-hydrogen) atoms. The van der Waals surface area contributed by atoms with Gasteiger partial charge in [0, 0.05) is 24.4 Å². The molecule has 0 amide bonds. The fraction of sp³-hybridized carbons (Fsp3) is 0.263. The van der Waals surface area contributed by atoms with Crippen molar-refractivity contribution in [1.29, 1.82) is 0 Å². The second kappa shape index (κ2) is 6.08. The molecule has 1 aliphatic rings. The molecule has 0 spiro atoms. The number of hydrogen-bond acceptors (Lipinski definition) is 6. The number of benzene rings is 1. The molecular formula is C19H20N8. The molecule has 3 heterocycles. The lowest BCUT2D eigenvalue weighted by Crippen LogP contribution is -2.07. The summed E-state index contributed by atoms with van der Waals surface area (Å²) in [6.07, 6.45) is 5.87. The van der Waals surface area contributed by atoms with Crippen LogP contribution < -0.4 is 11.1 Å². The topological polar surface area (TPSA) is 121 Å². The van der Waals surface area contributed by atoms with E-state index in [2.05, 4.69) is 54.5 Å². The molecule has 5 rings (SSSR count). The Balaban J connectivity index is 1.34. The molecule has 0 saturated heterocycles. The van der Waals surface area contributed by atoms with E-state index in [9.17, 15) is 0 Å². The van der Waals surface area contributed by atoms with Gasteiger partial charge in [-0.3, -0.25) is 5.10 Å². The molecular weight excluding hydrogens is 340 g/mol. The van der Waals surface area contributed by atoms with Crippen LogP contribution in [0.5, 0.6) is 0 Å². The molecule has 4 aromatic rings. The molecule has 1 aromatic carbocycles. The third kappa shape index (κ3) is 2.99. The summed E-state index contributed by atoms with van der Waals surface area (Å²) >= 11 is 0. The molecule has 1 fully saturated rings. The number of nitrogens with two attached hydrogens (primary N) is 1. The van der Waals surface area contributed by atoms with Gasteiger partial charge in [-0.05, 0) is 49.1 Å². The number of imidazole rings is 1. The van der Waals surface area contributed by atoms with Crippen molar-refractivity contribution in [3.8, 4) is 11.3 Å². The van der Waals surface area contributed by atoms with Gasteiger partial charge in [0.25, 0.3) is 0 Å². The summed E-state index contributed by atoms with van der Waals surface area (Å²) < 4.78 is 0. The number of anilines is 2. The third-order valence-electron chi connectivity index (χ3n) is 5.02. The predicted octanol–water partition coefficient (Wildman–Crippen LogP) is 3.12. The molecule has 0 unspecified atom stereocenters. The summed E-state index contributed by atoms with van der Waals surface area (Å²) in [5.41, 5.74) is 13.1. The Kier molecular flexibility index (Phi) is 3.56. The van der Waals surface area contributed by atoms with E-state index in [0.717, 1.165) is 33.5 Å². The van der Waals surface area contributed by atoms with Gasteiger partial charge < -0.3 is 16.0 Å². The van der Waals surface area contributed by atoms with Gasteiger partial charge in [0.1, 0.15) is 5.82 Å². The largest absolute Gasteiger partial charge is 0.383 e. The Morgan fingerprint density at radius 1 is 1.22 bits per heavy atom. The number of nitrogens with zero attached hydrogens (tertiary/aromatic N) is 4. The van der Waals surface area contributed by atoms with E-state index in [0.29, 0.717) is 24.2 Å². The Bertz CT molecular complexity index is 1120. The first-order valence-electron chi connectivity index (χ1n) is 9.02. The van der Waals surface area contributed by atoms with Gasteiger partial charge in [0.15, 0.2) is 0 Å². The van der Waals surface area contributed by atoms with Crippen LogP contribution in [0.1, 0.15) is 35.6 Å². The highest BCUT2D eigenvalue weighted by Crippen LogP contribution is 2.40. The predicted molar refractivity (Wildman–Crippen MR) is 104 cm³/mol. The second-order valence-electron chi connectivity index (χ2n) is 7.03. The fourth-order valence-electron chi connectivity index (χ4n) is 3.25. The minimum Gasteiger partial charge on any atom is -0.383 e.